The van der Waals surface area contributed by atoms with Gasteiger partial charge in [0, 0.05) is 5.56 Å². The molecule has 82 valence electrons. The first-order valence-electron chi connectivity index (χ1n) is 4.73. The molecule has 1 aromatic rings. The van der Waals surface area contributed by atoms with Crippen molar-refractivity contribution in [3.05, 3.63) is 21.7 Å². The SMILES string of the molecule is Cc1c(C(C)(C)O)cc(Br)c2c1OCO2. The fourth-order valence-corrected chi connectivity index (χ4v) is 2.32. The quantitative estimate of drug-likeness (QED) is 0.855. The monoisotopic (exact) mass is 272 g/mol. The molecule has 1 aliphatic heterocycles. The van der Waals surface area contributed by atoms with Crippen molar-refractivity contribution in [2.75, 3.05) is 6.79 Å². The summed E-state index contributed by atoms with van der Waals surface area (Å²) in [4.78, 5) is 0. The van der Waals surface area contributed by atoms with Crippen molar-refractivity contribution in [3.63, 3.8) is 0 Å². The summed E-state index contributed by atoms with van der Waals surface area (Å²) in [7, 11) is 0. The van der Waals surface area contributed by atoms with Crippen LogP contribution in [0.1, 0.15) is 25.0 Å². The van der Waals surface area contributed by atoms with E-state index in [4.69, 9.17) is 9.47 Å². The lowest BCUT2D eigenvalue weighted by Gasteiger charge is -2.21. The van der Waals surface area contributed by atoms with E-state index < -0.39 is 5.60 Å². The highest BCUT2D eigenvalue weighted by molar-refractivity contribution is 9.10. The van der Waals surface area contributed by atoms with E-state index in [1.807, 2.05) is 13.0 Å². The lowest BCUT2D eigenvalue weighted by atomic mass is 9.93. The summed E-state index contributed by atoms with van der Waals surface area (Å²) in [6.07, 6.45) is 0. The Morgan fingerprint density at radius 1 is 1.33 bits per heavy atom. The number of hydrogen-bond donors (Lipinski definition) is 1. The van der Waals surface area contributed by atoms with Crippen LogP contribution >= 0.6 is 15.9 Å². The number of rotatable bonds is 1. The van der Waals surface area contributed by atoms with Crippen molar-refractivity contribution in [3.8, 4) is 11.5 Å². The Hall–Kier alpha value is -0.740. The smallest absolute Gasteiger partial charge is 0.231 e. The first kappa shape index (κ1) is 10.8. The van der Waals surface area contributed by atoms with E-state index in [1.54, 1.807) is 13.8 Å². The molecule has 0 aromatic heterocycles. The van der Waals surface area contributed by atoms with Gasteiger partial charge in [0.1, 0.15) is 0 Å². The molecule has 2 rings (SSSR count). The van der Waals surface area contributed by atoms with Gasteiger partial charge in [0.2, 0.25) is 6.79 Å². The maximum absolute atomic E-state index is 10.0. The molecule has 0 aliphatic carbocycles. The summed E-state index contributed by atoms with van der Waals surface area (Å²) in [5.74, 6) is 1.45. The highest BCUT2D eigenvalue weighted by Gasteiger charge is 2.27. The fourth-order valence-electron chi connectivity index (χ4n) is 1.79. The molecule has 1 aromatic carbocycles. The van der Waals surface area contributed by atoms with Crippen LogP contribution in [0.2, 0.25) is 0 Å². The van der Waals surface area contributed by atoms with Crippen LogP contribution in [0, 0.1) is 6.92 Å². The van der Waals surface area contributed by atoms with Crippen molar-refractivity contribution in [1.29, 1.82) is 0 Å². The molecule has 1 aliphatic rings. The average Bonchev–Trinajstić information content (AvgIpc) is 2.58. The Balaban J connectivity index is 2.65. The second-order valence-electron chi connectivity index (χ2n) is 4.15. The Morgan fingerprint density at radius 2 is 1.93 bits per heavy atom. The number of hydrogen-bond acceptors (Lipinski definition) is 3. The minimum absolute atomic E-state index is 0.240. The zero-order valence-corrected chi connectivity index (χ0v) is 10.5. The van der Waals surface area contributed by atoms with Crippen LogP contribution in [0.5, 0.6) is 11.5 Å². The standard InChI is InChI=1S/C11H13BrO3/c1-6-7(11(2,3)13)4-8(12)10-9(6)14-5-15-10/h4,13H,5H2,1-3H3. The van der Waals surface area contributed by atoms with Crippen LogP contribution < -0.4 is 9.47 Å². The Morgan fingerprint density at radius 3 is 2.53 bits per heavy atom. The second-order valence-corrected chi connectivity index (χ2v) is 5.01. The van der Waals surface area contributed by atoms with Gasteiger partial charge >= 0.3 is 0 Å². The third-order valence-corrected chi connectivity index (χ3v) is 3.09. The lowest BCUT2D eigenvalue weighted by molar-refractivity contribution is 0.0775. The summed E-state index contributed by atoms with van der Waals surface area (Å²) in [5.41, 5.74) is 0.893. The van der Waals surface area contributed by atoms with Crippen LogP contribution in [0.25, 0.3) is 0 Å². The first-order chi connectivity index (χ1) is 6.91. The molecule has 4 heteroatoms. The Labute approximate surface area is 97.1 Å². The van der Waals surface area contributed by atoms with Crippen LogP contribution in [-0.2, 0) is 5.60 Å². The lowest BCUT2D eigenvalue weighted by Crippen LogP contribution is -2.17. The van der Waals surface area contributed by atoms with E-state index >= 15 is 0 Å². The van der Waals surface area contributed by atoms with Gasteiger partial charge in [-0.15, -0.1) is 0 Å². The normalized spacial score (nSPS) is 14.5. The summed E-state index contributed by atoms with van der Waals surface area (Å²) in [6.45, 7) is 5.67. The van der Waals surface area contributed by atoms with Gasteiger partial charge < -0.3 is 14.6 Å². The number of halogens is 1. The molecule has 3 nitrogen and oxygen atoms in total. The van der Waals surface area contributed by atoms with Gasteiger partial charge in [-0.05, 0) is 48.3 Å². The van der Waals surface area contributed by atoms with Gasteiger partial charge in [-0.3, -0.25) is 0 Å². The highest BCUT2D eigenvalue weighted by Crippen LogP contribution is 2.45. The van der Waals surface area contributed by atoms with Crippen molar-refractivity contribution in [2.24, 2.45) is 0 Å². The van der Waals surface area contributed by atoms with Crippen molar-refractivity contribution in [2.45, 2.75) is 26.4 Å². The summed E-state index contributed by atoms with van der Waals surface area (Å²) in [5, 5.41) is 10.0. The predicted molar refractivity (Wildman–Crippen MR) is 60.2 cm³/mol. The fraction of sp³-hybridized carbons (Fsp3) is 0.455. The molecular weight excluding hydrogens is 260 g/mol. The van der Waals surface area contributed by atoms with E-state index in [1.165, 1.54) is 0 Å². The summed E-state index contributed by atoms with van der Waals surface area (Å²) in [6, 6.07) is 1.88. The van der Waals surface area contributed by atoms with Crippen LogP contribution in [0.3, 0.4) is 0 Å². The van der Waals surface area contributed by atoms with Crippen molar-refractivity contribution >= 4 is 15.9 Å². The zero-order valence-electron chi connectivity index (χ0n) is 8.93. The van der Waals surface area contributed by atoms with E-state index in [-0.39, 0.29) is 6.79 Å². The molecule has 0 unspecified atom stereocenters. The van der Waals surface area contributed by atoms with E-state index in [2.05, 4.69) is 15.9 Å². The highest BCUT2D eigenvalue weighted by atomic mass is 79.9. The van der Waals surface area contributed by atoms with Gasteiger partial charge in [-0.1, -0.05) is 0 Å². The molecule has 0 amide bonds. The van der Waals surface area contributed by atoms with Gasteiger partial charge in [0.05, 0.1) is 10.1 Å². The third-order valence-electron chi connectivity index (χ3n) is 2.50. The molecule has 1 heterocycles. The van der Waals surface area contributed by atoms with E-state index in [0.717, 1.165) is 27.1 Å². The first-order valence-corrected chi connectivity index (χ1v) is 5.52. The van der Waals surface area contributed by atoms with Crippen LogP contribution in [-0.4, -0.2) is 11.9 Å². The van der Waals surface area contributed by atoms with E-state index in [9.17, 15) is 5.11 Å². The Bertz CT molecular complexity index is 407. The molecule has 0 fully saturated rings. The number of fused-ring (bicyclic) bond motifs is 1. The topological polar surface area (TPSA) is 38.7 Å². The minimum atomic E-state index is -0.881. The van der Waals surface area contributed by atoms with Gasteiger partial charge in [-0.2, -0.15) is 0 Å². The molecule has 0 spiro atoms. The van der Waals surface area contributed by atoms with Crippen LogP contribution in [0.15, 0.2) is 10.5 Å². The molecule has 0 atom stereocenters. The number of aliphatic hydroxyl groups is 1. The largest absolute Gasteiger partial charge is 0.453 e. The number of ether oxygens (including phenoxy) is 2. The Kier molecular flexibility index (Phi) is 2.43. The summed E-state index contributed by atoms with van der Waals surface area (Å²) < 4.78 is 11.5. The van der Waals surface area contributed by atoms with Gasteiger partial charge in [0.15, 0.2) is 11.5 Å². The van der Waals surface area contributed by atoms with Crippen molar-refractivity contribution < 1.29 is 14.6 Å². The van der Waals surface area contributed by atoms with Gasteiger partial charge in [0.25, 0.3) is 0 Å². The molecule has 0 saturated carbocycles. The molecule has 15 heavy (non-hydrogen) atoms. The zero-order chi connectivity index (χ0) is 11.2. The minimum Gasteiger partial charge on any atom is -0.453 e. The summed E-state index contributed by atoms with van der Waals surface area (Å²) >= 11 is 3.41. The predicted octanol–water partition coefficient (Wildman–Crippen LogP) is 2.71. The number of benzene rings is 1. The maximum atomic E-state index is 10.0. The molecule has 0 bridgehead atoms. The average molecular weight is 273 g/mol. The third kappa shape index (κ3) is 1.72. The molecular formula is C11H13BrO3. The van der Waals surface area contributed by atoms with Gasteiger partial charge in [-0.25, -0.2) is 0 Å². The maximum Gasteiger partial charge on any atom is 0.231 e. The van der Waals surface area contributed by atoms with E-state index in [0.29, 0.717) is 0 Å². The molecule has 1 N–H and O–H groups in total. The molecule has 0 saturated heterocycles. The second kappa shape index (κ2) is 3.39. The molecule has 0 radical (unpaired) electrons. The van der Waals surface area contributed by atoms with Crippen molar-refractivity contribution in [1.82, 2.24) is 0 Å². The van der Waals surface area contributed by atoms with Crippen LogP contribution in [0.4, 0.5) is 0 Å².